The predicted octanol–water partition coefficient (Wildman–Crippen LogP) is 1.58. The third-order valence-electron chi connectivity index (χ3n) is 4.60. The minimum atomic E-state index is 0.748. The minimum Gasteiger partial charge on any atom is -0.497 e. The van der Waals surface area contributed by atoms with Crippen LogP contribution in [0.15, 0.2) is 30.6 Å². The van der Waals surface area contributed by atoms with Gasteiger partial charge in [0.1, 0.15) is 12.1 Å². The molecule has 0 atom stereocenters. The summed E-state index contributed by atoms with van der Waals surface area (Å²) in [4.78, 5) is 13.4. The fourth-order valence-electron chi connectivity index (χ4n) is 3.19. The number of methoxy groups -OCH3 is 1. The maximum absolute atomic E-state index is 5.23. The van der Waals surface area contributed by atoms with Crippen molar-refractivity contribution in [2.75, 3.05) is 43.1 Å². The first-order valence-corrected chi connectivity index (χ1v) is 8.48. The van der Waals surface area contributed by atoms with E-state index in [0.717, 1.165) is 55.5 Å². The summed E-state index contributed by atoms with van der Waals surface area (Å²) in [5.74, 6) is 1.75. The van der Waals surface area contributed by atoms with Gasteiger partial charge >= 0.3 is 0 Å². The molecule has 0 unspecified atom stereocenters. The first-order chi connectivity index (χ1) is 12.3. The van der Waals surface area contributed by atoms with E-state index in [4.69, 9.17) is 4.74 Å². The van der Waals surface area contributed by atoms with Gasteiger partial charge in [-0.3, -0.25) is 0 Å². The van der Waals surface area contributed by atoms with Gasteiger partial charge in [0, 0.05) is 38.4 Å². The van der Waals surface area contributed by atoms with Crippen LogP contribution in [-0.4, -0.2) is 58.3 Å². The van der Waals surface area contributed by atoms with E-state index in [1.165, 1.54) is 5.69 Å². The number of benzene rings is 1. The van der Waals surface area contributed by atoms with Gasteiger partial charge in [0.25, 0.3) is 0 Å². The average molecular weight is 339 g/mol. The van der Waals surface area contributed by atoms with E-state index in [1.807, 2.05) is 19.1 Å². The molecule has 8 nitrogen and oxygen atoms in total. The van der Waals surface area contributed by atoms with E-state index in [0.29, 0.717) is 0 Å². The van der Waals surface area contributed by atoms with Crippen LogP contribution in [0.5, 0.6) is 5.75 Å². The smallest absolute Gasteiger partial charge is 0.183 e. The van der Waals surface area contributed by atoms with Gasteiger partial charge in [-0.25, -0.2) is 14.6 Å². The van der Waals surface area contributed by atoms with Gasteiger partial charge in [0.15, 0.2) is 17.0 Å². The Labute approximate surface area is 146 Å². The summed E-state index contributed by atoms with van der Waals surface area (Å²) in [6, 6.07) is 8.20. The highest BCUT2D eigenvalue weighted by Crippen LogP contribution is 2.24. The molecule has 130 valence electrons. The summed E-state index contributed by atoms with van der Waals surface area (Å²) >= 11 is 0. The first-order valence-electron chi connectivity index (χ1n) is 8.48. The van der Waals surface area contributed by atoms with E-state index in [2.05, 4.69) is 42.2 Å². The molecule has 1 aliphatic heterocycles. The van der Waals surface area contributed by atoms with Gasteiger partial charge in [0.2, 0.25) is 0 Å². The molecule has 1 saturated heterocycles. The third-order valence-corrected chi connectivity index (χ3v) is 4.60. The predicted molar refractivity (Wildman–Crippen MR) is 96.2 cm³/mol. The van der Waals surface area contributed by atoms with Crippen molar-refractivity contribution in [1.82, 2.24) is 25.0 Å². The molecule has 0 amide bonds. The molecule has 0 N–H and O–H groups in total. The van der Waals surface area contributed by atoms with E-state index in [1.54, 1.807) is 18.1 Å². The van der Waals surface area contributed by atoms with Gasteiger partial charge < -0.3 is 14.5 Å². The quantitative estimate of drug-likeness (QED) is 0.714. The molecule has 0 bridgehead atoms. The SMILES string of the molecule is CCn1nnc2c(N3CCN(c4ccc(OC)cc4)CC3)ncnc21. The molecule has 1 aliphatic rings. The fraction of sp³-hybridized carbons (Fsp3) is 0.412. The largest absolute Gasteiger partial charge is 0.497 e. The number of hydrogen-bond donors (Lipinski definition) is 0. The Morgan fingerprint density at radius 3 is 2.40 bits per heavy atom. The molecular formula is C17H21N7O. The van der Waals surface area contributed by atoms with E-state index in [-0.39, 0.29) is 0 Å². The van der Waals surface area contributed by atoms with Crippen LogP contribution in [0.25, 0.3) is 11.2 Å². The van der Waals surface area contributed by atoms with Gasteiger partial charge in [0.05, 0.1) is 7.11 Å². The Morgan fingerprint density at radius 1 is 1.00 bits per heavy atom. The molecule has 0 aliphatic carbocycles. The summed E-state index contributed by atoms with van der Waals surface area (Å²) in [5.41, 5.74) is 2.79. The fourth-order valence-corrected chi connectivity index (χ4v) is 3.19. The number of fused-ring (bicyclic) bond motifs is 1. The van der Waals surface area contributed by atoms with Crippen molar-refractivity contribution in [2.24, 2.45) is 0 Å². The molecule has 1 aromatic carbocycles. The molecule has 0 radical (unpaired) electrons. The zero-order chi connectivity index (χ0) is 17.2. The van der Waals surface area contributed by atoms with Crippen molar-refractivity contribution < 1.29 is 4.74 Å². The summed E-state index contributed by atoms with van der Waals surface area (Å²) in [6.07, 6.45) is 1.60. The Balaban J connectivity index is 1.51. The molecule has 2 aromatic heterocycles. The highest BCUT2D eigenvalue weighted by Gasteiger charge is 2.22. The van der Waals surface area contributed by atoms with Crippen LogP contribution >= 0.6 is 0 Å². The molecular weight excluding hydrogens is 318 g/mol. The van der Waals surface area contributed by atoms with Crippen LogP contribution in [0.2, 0.25) is 0 Å². The first kappa shape index (κ1) is 15.6. The Kier molecular flexibility index (Phi) is 4.09. The van der Waals surface area contributed by atoms with Crippen LogP contribution < -0.4 is 14.5 Å². The molecule has 0 spiro atoms. The van der Waals surface area contributed by atoms with Gasteiger partial charge in [-0.05, 0) is 31.2 Å². The Bertz CT molecular complexity index is 853. The van der Waals surface area contributed by atoms with Crippen LogP contribution in [0, 0.1) is 0 Å². The second-order valence-electron chi connectivity index (χ2n) is 5.95. The zero-order valence-corrected chi connectivity index (χ0v) is 14.5. The maximum Gasteiger partial charge on any atom is 0.183 e. The van der Waals surface area contributed by atoms with Crippen LogP contribution in [0.3, 0.4) is 0 Å². The van der Waals surface area contributed by atoms with E-state index < -0.39 is 0 Å². The average Bonchev–Trinajstić information content (AvgIpc) is 3.11. The van der Waals surface area contributed by atoms with Crippen LogP contribution in [0.1, 0.15) is 6.92 Å². The lowest BCUT2D eigenvalue weighted by Crippen LogP contribution is -2.47. The highest BCUT2D eigenvalue weighted by atomic mass is 16.5. The lowest BCUT2D eigenvalue weighted by atomic mass is 10.2. The zero-order valence-electron chi connectivity index (χ0n) is 14.5. The normalized spacial score (nSPS) is 15.0. The highest BCUT2D eigenvalue weighted by molar-refractivity contribution is 5.82. The Morgan fingerprint density at radius 2 is 1.72 bits per heavy atom. The van der Waals surface area contributed by atoms with E-state index in [9.17, 15) is 0 Å². The van der Waals surface area contributed by atoms with Gasteiger partial charge in [-0.15, -0.1) is 5.10 Å². The number of nitrogens with zero attached hydrogens (tertiary/aromatic N) is 7. The van der Waals surface area contributed by atoms with Crippen molar-refractivity contribution >= 4 is 22.7 Å². The van der Waals surface area contributed by atoms with Gasteiger partial charge in [-0.2, -0.15) is 0 Å². The third kappa shape index (κ3) is 2.84. The van der Waals surface area contributed by atoms with Gasteiger partial charge in [-0.1, -0.05) is 5.21 Å². The number of anilines is 2. The van der Waals surface area contributed by atoms with Crippen molar-refractivity contribution in [2.45, 2.75) is 13.5 Å². The molecule has 8 heteroatoms. The van der Waals surface area contributed by atoms with Crippen molar-refractivity contribution in [1.29, 1.82) is 0 Å². The summed E-state index contributed by atoms with van der Waals surface area (Å²) in [5, 5.41) is 8.44. The number of rotatable bonds is 4. The molecule has 3 aromatic rings. The van der Waals surface area contributed by atoms with Crippen molar-refractivity contribution in [3.8, 4) is 5.75 Å². The molecule has 3 heterocycles. The summed E-state index contributed by atoms with van der Waals surface area (Å²) in [7, 11) is 1.69. The monoisotopic (exact) mass is 339 g/mol. The molecule has 4 rings (SSSR count). The number of ether oxygens (including phenoxy) is 1. The van der Waals surface area contributed by atoms with Crippen LogP contribution in [0.4, 0.5) is 11.5 Å². The maximum atomic E-state index is 5.23. The second kappa shape index (κ2) is 6.54. The number of aromatic nitrogens is 5. The lowest BCUT2D eigenvalue weighted by molar-refractivity contribution is 0.415. The van der Waals surface area contributed by atoms with Crippen molar-refractivity contribution in [3.63, 3.8) is 0 Å². The summed E-state index contributed by atoms with van der Waals surface area (Å²) in [6.45, 7) is 6.41. The number of hydrogen-bond acceptors (Lipinski definition) is 7. The lowest BCUT2D eigenvalue weighted by Gasteiger charge is -2.36. The molecule has 0 saturated carbocycles. The van der Waals surface area contributed by atoms with Crippen LogP contribution in [-0.2, 0) is 6.54 Å². The van der Waals surface area contributed by atoms with E-state index >= 15 is 0 Å². The standard InChI is InChI=1S/C17H21N7O/c1-3-24-17-15(20-21-24)16(18-12-19-17)23-10-8-22(9-11-23)13-4-6-14(25-2)7-5-13/h4-7,12H,3,8-11H2,1-2H3. The summed E-state index contributed by atoms with van der Waals surface area (Å²) < 4.78 is 7.03. The Hall–Kier alpha value is -2.90. The minimum absolute atomic E-state index is 0.748. The number of piperazine rings is 1. The second-order valence-corrected chi connectivity index (χ2v) is 5.95. The molecule has 1 fully saturated rings. The molecule has 25 heavy (non-hydrogen) atoms. The topological polar surface area (TPSA) is 72.2 Å². The van der Waals surface area contributed by atoms with Crippen molar-refractivity contribution in [3.05, 3.63) is 30.6 Å². The number of aryl methyl sites for hydroxylation is 1.